The minimum absolute atomic E-state index is 0.0438. The van der Waals surface area contributed by atoms with Gasteiger partial charge in [0.2, 0.25) is 0 Å². The lowest BCUT2D eigenvalue weighted by atomic mass is 10.0. The highest BCUT2D eigenvalue weighted by Crippen LogP contribution is 2.31. The monoisotopic (exact) mass is 328 g/mol. The normalized spacial score (nSPS) is 10.9. The van der Waals surface area contributed by atoms with E-state index in [9.17, 15) is 0 Å². The summed E-state index contributed by atoms with van der Waals surface area (Å²) >= 11 is 0. The molecule has 0 aliphatic rings. The Kier molecular flexibility index (Phi) is 3.43. The van der Waals surface area contributed by atoms with Crippen LogP contribution in [0.4, 0.5) is 5.82 Å². The van der Waals surface area contributed by atoms with Crippen LogP contribution >= 0.6 is 0 Å². The zero-order valence-electron chi connectivity index (χ0n) is 13.3. The van der Waals surface area contributed by atoms with Crippen molar-refractivity contribution in [3.63, 3.8) is 0 Å². The third-order valence-corrected chi connectivity index (χ3v) is 4.12. The first kappa shape index (κ1) is 14.9. The summed E-state index contributed by atoms with van der Waals surface area (Å²) in [6.07, 6.45) is 3.64. The summed E-state index contributed by atoms with van der Waals surface area (Å²) in [5, 5.41) is 14.2. The molecule has 4 rings (SSSR count). The first-order valence-electron chi connectivity index (χ1n) is 7.77. The zero-order valence-corrected chi connectivity index (χ0v) is 13.3. The molecule has 6 heteroatoms. The summed E-state index contributed by atoms with van der Waals surface area (Å²) in [6, 6.07) is 17.2. The fourth-order valence-electron chi connectivity index (χ4n) is 2.84. The Morgan fingerprint density at radius 1 is 1.00 bits per heavy atom. The van der Waals surface area contributed by atoms with Crippen LogP contribution in [-0.2, 0) is 0 Å². The highest BCUT2D eigenvalue weighted by atomic mass is 15.3. The second-order valence-corrected chi connectivity index (χ2v) is 5.71. The molecule has 2 heterocycles. The van der Waals surface area contributed by atoms with Crippen LogP contribution in [0.25, 0.3) is 27.7 Å². The van der Waals surface area contributed by atoms with Crippen molar-refractivity contribution < 1.29 is 0 Å². The van der Waals surface area contributed by atoms with Crippen molar-refractivity contribution in [1.29, 1.82) is 5.41 Å². The molecule has 2 aromatic carbocycles. The average Bonchev–Trinajstić information content (AvgIpc) is 3.11. The van der Waals surface area contributed by atoms with Crippen LogP contribution in [0.5, 0.6) is 0 Å². The SMILES string of the molecule is N=C(N)c1ccc(-n2ccc(-c3c(N)ncc4ccccc34)n2)cc1. The molecule has 0 bridgehead atoms. The lowest BCUT2D eigenvalue weighted by molar-refractivity contribution is 0.884. The summed E-state index contributed by atoms with van der Waals surface area (Å²) in [7, 11) is 0. The fourth-order valence-corrected chi connectivity index (χ4v) is 2.84. The van der Waals surface area contributed by atoms with Crippen molar-refractivity contribution in [3.05, 3.63) is 72.6 Å². The van der Waals surface area contributed by atoms with Crippen LogP contribution in [0, 0.1) is 5.41 Å². The minimum Gasteiger partial charge on any atom is -0.384 e. The van der Waals surface area contributed by atoms with Crippen molar-refractivity contribution in [3.8, 4) is 16.9 Å². The summed E-state index contributed by atoms with van der Waals surface area (Å²) in [5.74, 6) is 0.498. The number of nitrogens with one attached hydrogen (secondary N) is 1. The van der Waals surface area contributed by atoms with E-state index in [1.807, 2.05) is 48.7 Å². The number of hydrogen-bond acceptors (Lipinski definition) is 4. The third-order valence-electron chi connectivity index (χ3n) is 4.12. The maximum absolute atomic E-state index is 7.46. The Balaban J connectivity index is 1.80. The summed E-state index contributed by atoms with van der Waals surface area (Å²) in [4.78, 5) is 4.29. The molecule has 0 radical (unpaired) electrons. The van der Waals surface area contributed by atoms with Crippen LogP contribution in [0.15, 0.2) is 67.0 Å². The molecule has 5 N–H and O–H groups in total. The molecule has 0 saturated carbocycles. The summed E-state index contributed by atoms with van der Waals surface area (Å²) in [5.41, 5.74) is 14.8. The van der Waals surface area contributed by atoms with Crippen molar-refractivity contribution >= 4 is 22.4 Å². The number of rotatable bonds is 3. The van der Waals surface area contributed by atoms with Gasteiger partial charge in [-0.25, -0.2) is 9.67 Å². The number of aromatic nitrogens is 3. The molecular weight excluding hydrogens is 312 g/mol. The Morgan fingerprint density at radius 3 is 2.52 bits per heavy atom. The number of pyridine rings is 1. The van der Waals surface area contributed by atoms with Gasteiger partial charge in [-0.2, -0.15) is 5.10 Å². The number of nitrogens with zero attached hydrogens (tertiary/aromatic N) is 3. The van der Waals surface area contributed by atoms with Crippen LogP contribution < -0.4 is 11.5 Å². The molecule has 122 valence electrons. The van der Waals surface area contributed by atoms with E-state index in [1.165, 1.54) is 0 Å². The smallest absolute Gasteiger partial charge is 0.133 e. The lowest BCUT2D eigenvalue weighted by Gasteiger charge is -2.07. The number of amidine groups is 1. The van der Waals surface area contributed by atoms with E-state index in [2.05, 4.69) is 10.1 Å². The van der Waals surface area contributed by atoms with Gasteiger partial charge in [0.05, 0.1) is 16.9 Å². The Hall–Kier alpha value is -3.67. The van der Waals surface area contributed by atoms with E-state index in [-0.39, 0.29) is 5.84 Å². The number of fused-ring (bicyclic) bond motifs is 1. The third kappa shape index (κ3) is 2.59. The second-order valence-electron chi connectivity index (χ2n) is 5.71. The lowest BCUT2D eigenvalue weighted by Crippen LogP contribution is -2.10. The summed E-state index contributed by atoms with van der Waals surface area (Å²) < 4.78 is 1.76. The number of nitrogens with two attached hydrogens (primary N) is 2. The topological polar surface area (TPSA) is 107 Å². The second kappa shape index (κ2) is 5.76. The molecule has 0 fully saturated rings. The first-order valence-corrected chi connectivity index (χ1v) is 7.77. The van der Waals surface area contributed by atoms with Gasteiger partial charge in [0.1, 0.15) is 11.7 Å². The van der Waals surface area contributed by atoms with E-state index < -0.39 is 0 Å². The van der Waals surface area contributed by atoms with Crippen molar-refractivity contribution in [1.82, 2.24) is 14.8 Å². The standard InChI is InChI=1S/C19H16N6/c20-18(21)12-5-7-14(8-6-12)25-10-9-16(24-25)17-15-4-2-1-3-13(15)11-23-19(17)22/h1-11H,(H3,20,21)(H2,22,23). The van der Waals surface area contributed by atoms with E-state index in [4.69, 9.17) is 16.9 Å². The molecule has 0 aliphatic carbocycles. The Bertz CT molecular complexity index is 1080. The highest BCUT2D eigenvalue weighted by Gasteiger charge is 2.12. The quantitative estimate of drug-likeness (QED) is 0.397. The minimum atomic E-state index is 0.0438. The van der Waals surface area contributed by atoms with E-state index in [0.717, 1.165) is 27.7 Å². The molecule has 6 nitrogen and oxygen atoms in total. The summed E-state index contributed by atoms with van der Waals surface area (Å²) in [6.45, 7) is 0. The molecule has 2 aromatic heterocycles. The number of nitrogen functional groups attached to an aromatic ring is 2. The van der Waals surface area contributed by atoms with Gasteiger partial charge in [-0.15, -0.1) is 0 Å². The molecule has 0 saturated heterocycles. The van der Waals surface area contributed by atoms with Gasteiger partial charge < -0.3 is 11.5 Å². The van der Waals surface area contributed by atoms with Gasteiger partial charge in [0.25, 0.3) is 0 Å². The molecular formula is C19H16N6. The first-order chi connectivity index (χ1) is 12.1. The predicted molar refractivity (Wildman–Crippen MR) is 99.7 cm³/mol. The van der Waals surface area contributed by atoms with Crippen molar-refractivity contribution in [2.45, 2.75) is 0 Å². The largest absolute Gasteiger partial charge is 0.384 e. The van der Waals surface area contributed by atoms with E-state index in [0.29, 0.717) is 11.4 Å². The van der Waals surface area contributed by atoms with Gasteiger partial charge in [0.15, 0.2) is 0 Å². The Morgan fingerprint density at radius 2 is 1.76 bits per heavy atom. The molecule has 25 heavy (non-hydrogen) atoms. The fraction of sp³-hybridized carbons (Fsp3) is 0. The van der Waals surface area contributed by atoms with Crippen LogP contribution in [0.1, 0.15) is 5.56 Å². The number of benzene rings is 2. The van der Waals surface area contributed by atoms with Crippen LogP contribution in [0.2, 0.25) is 0 Å². The van der Waals surface area contributed by atoms with E-state index >= 15 is 0 Å². The predicted octanol–water partition coefficient (Wildman–Crippen LogP) is 2.95. The van der Waals surface area contributed by atoms with Gasteiger partial charge in [0, 0.05) is 23.3 Å². The zero-order chi connectivity index (χ0) is 17.4. The molecule has 0 spiro atoms. The van der Waals surface area contributed by atoms with Gasteiger partial charge in [-0.3, -0.25) is 5.41 Å². The van der Waals surface area contributed by atoms with Crippen LogP contribution in [-0.4, -0.2) is 20.6 Å². The van der Waals surface area contributed by atoms with Crippen molar-refractivity contribution in [2.75, 3.05) is 5.73 Å². The maximum atomic E-state index is 7.46. The molecule has 0 unspecified atom stereocenters. The molecule has 4 aromatic rings. The maximum Gasteiger partial charge on any atom is 0.133 e. The van der Waals surface area contributed by atoms with Gasteiger partial charge in [-0.05, 0) is 35.7 Å². The molecule has 0 amide bonds. The highest BCUT2D eigenvalue weighted by molar-refractivity contribution is 5.99. The van der Waals surface area contributed by atoms with Gasteiger partial charge in [-0.1, -0.05) is 24.3 Å². The molecule has 0 aliphatic heterocycles. The van der Waals surface area contributed by atoms with Crippen molar-refractivity contribution in [2.24, 2.45) is 5.73 Å². The number of hydrogen-bond donors (Lipinski definition) is 3. The van der Waals surface area contributed by atoms with Crippen LogP contribution in [0.3, 0.4) is 0 Å². The van der Waals surface area contributed by atoms with Gasteiger partial charge >= 0.3 is 0 Å². The average molecular weight is 328 g/mol. The Labute approximate surface area is 144 Å². The molecule has 0 atom stereocenters. The number of anilines is 1. The van der Waals surface area contributed by atoms with E-state index in [1.54, 1.807) is 23.0 Å².